The van der Waals surface area contributed by atoms with E-state index in [1.807, 2.05) is 4.90 Å². The van der Waals surface area contributed by atoms with Crippen LogP contribution in [-0.4, -0.2) is 69.3 Å². The van der Waals surface area contributed by atoms with Gasteiger partial charge in [0.2, 0.25) is 15.9 Å². The van der Waals surface area contributed by atoms with Crippen LogP contribution in [0, 0.1) is 5.82 Å². The van der Waals surface area contributed by atoms with Gasteiger partial charge in [-0.3, -0.25) is 10.1 Å². The smallest absolute Gasteiger partial charge is 0.321 e. The molecule has 0 aromatic heterocycles. The molecule has 0 saturated carbocycles. The van der Waals surface area contributed by atoms with Gasteiger partial charge in [0, 0.05) is 46.2 Å². The molecular formula is C15H21FN4O4S. The molecule has 1 saturated heterocycles. The van der Waals surface area contributed by atoms with Crippen LogP contribution in [0.15, 0.2) is 29.2 Å². The van der Waals surface area contributed by atoms with Crippen molar-refractivity contribution in [2.75, 3.05) is 39.8 Å². The normalized spacial score (nSPS) is 16.4. The largest absolute Gasteiger partial charge is 0.341 e. The van der Waals surface area contributed by atoms with E-state index in [0.717, 1.165) is 6.07 Å². The molecular weight excluding hydrogens is 351 g/mol. The number of carbonyl (C=O) groups is 2. The third-order valence-electron chi connectivity index (χ3n) is 3.92. The highest BCUT2D eigenvalue weighted by Crippen LogP contribution is 2.20. The highest BCUT2D eigenvalue weighted by atomic mass is 32.2. The Labute approximate surface area is 146 Å². The number of benzene rings is 1. The molecule has 0 atom stereocenters. The first kappa shape index (κ1) is 19.3. The molecule has 2 N–H and O–H groups in total. The molecule has 1 aromatic rings. The third-order valence-corrected chi connectivity index (χ3v) is 5.85. The van der Waals surface area contributed by atoms with Gasteiger partial charge in [-0.1, -0.05) is 12.1 Å². The van der Waals surface area contributed by atoms with Crippen LogP contribution < -0.4 is 10.6 Å². The maximum Gasteiger partial charge on any atom is 0.321 e. The summed E-state index contributed by atoms with van der Waals surface area (Å²) in [6.07, 6.45) is 0.132. The number of hydrogen-bond acceptors (Lipinski definition) is 5. The Hall–Kier alpha value is -2.04. The number of hydrogen-bond donors (Lipinski definition) is 2. The summed E-state index contributed by atoms with van der Waals surface area (Å²) < 4.78 is 40.0. The molecule has 10 heteroatoms. The van der Waals surface area contributed by atoms with E-state index < -0.39 is 27.8 Å². The summed E-state index contributed by atoms with van der Waals surface area (Å²) in [4.78, 5) is 24.2. The second-order valence-electron chi connectivity index (χ2n) is 5.55. The van der Waals surface area contributed by atoms with Crippen molar-refractivity contribution in [3.05, 3.63) is 30.1 Å². The molecule has 0 radical (unpaired) electrons. The standard InChI is InChI=1S/C15H21FN4O4S/c1-17-15(22)18-14(21)6-7-19-8-10-20(11-9-19)25(23,24)13-5-3-2-4-12(13)16/h2-5H,6-11H2,1H3,(H2,17,18,21,22). The predicted molar refractivity (Wildman–Crippen MR) is 88.8 cm³/mol. The first-order valence-electron chi connectivity index (χ1n) is 7.83. The van der Waals surface area contributed by atoms with Crippen molar-refractivity contribution in [2.45, 2.75) is 11.3 Å². The number of halogens is 1. The van der Waals surface area contributed by atoms with Gasteiger partial charge in [0.25, 0.3) is 0 Å². The minimum atomic E-state index is -3.87. The van der Waals surface area contributed by atoms with E-state index >= 15 is 0 Å². The number of nitrogens with zero attached hydrogens (tertiary/aromatic N) is 2. The van der Waals surface area contributed by atoms with E-state index in [-0.39, 0.29) is 24.4 Å². The van der Waals surface area contributed by atoms with Gasteiger partial charge in [-0.05, 0) is 12.1 Å². The van der Waals surface area contributed by atoms with Gasteiger partial charge in [-0.25, -0.2) is 17.6 Å². The molecule has 1 fully saturated rings. The summed E-state index contributed by atoms with van der Waals surface area (Å²) in [6, 6.07) is 4.73. The van der Waals surface area contributed by atoms with Gasteiger partial charge >= 0.3 is 6.03 Å². The second kappa shape index (κ2) is 8.37. The van der Waals surface area contributed by atoms with E-state index in [9.17, 15) is 22.4 Å². The molecule has 1 aliphatic rings. The molecule has 1 aliphatic heterocycles. The van der Waals surface area contributed by atoms with Crippen LogP contribution in [0.25, 0.3) is 0 Å². The van der Waals surface area contributed by atoms with Gasteiger partial charge in [-0.2, -0.15) is 4.31 Å². The van der Waals surface area contributed by atoms with E-state index in [1.54, 1.807) is 0 Å². The summed E-state index contributed by atoms with van der Waals surface area (Å²) in [5.74, 6) is -1.17. The number of urea groups is 1. The maximum atomic E-state index is 13.8. The monoisotopic (exact) mass is 372 g/mol. The zero-order valence-corrected chi connectivity index (χ0v) is 14.7. The molecule has 25 heavy (non-hydrogen) atoms. The van der Waals surface area contributed by atoms with Crippen LogP contribution in [0.1, 0.15) is 6.42 Å². The van der Waals surface area contributed by atoms with E-state index in [0.29, 0.717) is 19.6 Å². The van der Waals surface area contributed by atoms with Crippen LogP contribution >= 0.6 is 0 Å². The van der Waals surface area contributed by atoms with Gasteiger partial charge < -0.3 is 10.2 Å². The fourth-order valence-corrected chi connectivity index (χ4v) is 3.98. The Morgan fingerprint density at radius 2 is 1.80 bits per heavy atom. The van der Waals surface area contributed by atoms with E-state index in [2.05, 4.69) is 10.6 Å². The quantitative estimate of drug-likeness (QED) is 0.757. The summed E-state index contributed by atoms with van der Waals surface area (Å²) in [5.41, 5.74) is 0. The van der Waals surface area contributed by atoms with Crippen LogP contribution in [0.5, 0.6) is 0 Å². The predicted octanol–water partition coefficient (Wildman–Crippen LogP) is -0.0223. The Morgan fingerprint density at radius 1 is 1.16 bits per heavy atom. The van der Waals surface area contributed by atoms with Crippen molar-refractivity contribution in [1.29, 1.82) is 0 Å². The highest BCUT2D eigenvalue weighted by Gasteiger charge is 2.30. The fraction of sp³-hybridized carbons (Fsp3) is 0.467. The second-order valence-corrected chi connectivity index (χ2v) is 7.46. The van der Waals surface area contributed by atoms with Crippen molar-refractivity contribution in [2.24, 2.45) is 0 Å². The number of rotatable bonds is 5. The van der Waals surface area contributed by atoms with Crippen LogP contribution in [0.2, 0.25) is 0 Å². The van der Waals surface area contributed by atoms with Crippen molar-refractivity contribution >= 4 is 22.0 Å². The number of piperazine rings is 1. The minimum Gasteiger partial charge on any atom is -0.341 e. The molecule has 0 aliphatic carbocycles. The number of carbonyl (C=O) groups excluding carboxylic acids is 2. The lowest BCUT2D eigenvalue weighted by Crippen LogP contribution is -2.49. The average molecular weight is 372 g/mol. The van der Waals surface area contributed by atoms with E-state index in [4.69, 9.17) is 0 Å². The molecule has 8 nitrogen and oxygen atoms in total. The molecule has 0 unspecified atom stereocenters. The zero-order valence-electron chi connectivity index (χ0n) is 13.9. The summed E-state index contributed by atoms with van der Waals surface area (Å²) >= 11 is 0. The summed E-state index contributed by atoms with van der Waals surface area (Å²) in [6.45, 7) is 1.71. The SMILES string of the molecule is CNC(=O)NC(=O)CCN1CCN(S(=O)(=O)c2ccccc2F)CC1. The van der Waals surface area contributed by atoms with Crippen LogP contribution in [0.3, 0.4) is 0 Å². The van der Waals surface area contributed by atoms with Crippen molar-refractivity contribution < 1.29 is 22.4 Å². The Balaban J connectivity index is 1.86. The lowest BCUT2D eigenvalue weighted by molar-refractivity contribution is -0.120. The molecule has 1 aromatic carbocycles. The summed E-state index contributed by atoms with van der Waals surface area (Å²) in [5, 5.41) is 4.45. The van der Waals surface area contributed by atoms with Crippen LogP contribution in [0.4, 0.5) is 9.18 Å². The van der Waals surface area contributed by atoms with Crippen molar-refractivity contribution in [1.82, 2.24) is 19.8 Å². The molecule has 0 bridgehead atoms. The first-order chi connectivity index (χ1) is 11.8. The Kier molecular flexibility index (Phi) is 6.45. The number of sulfonamides is 1. The topological polar surface area (TPSA) is 98.8 Å². The minimum absolute atomic E-state index is 0.132. The summed E-state index contributed by atoms with van der Waals surface area (Å²) in [7, 11) is -2.45. The molecule has 1 heterocycles. The number of imide groups is 1. The number of amides is 3. The van der Waals surface area contributed by atoms with Gasteiger partial charge in [0.05, 0.1) is 0 Å². The van der Waals surface area contributed by atoms with Gasteiger partial charge in [0.15, 0.2) is 0 Å². The molecule has 138 valence electrons. The van der Waals surface area contributed by atoms with E-state index in [1.165, 1.54) is 29.6 Å². The van der Waals surface area contributed by atoms with Crippen LogP contribution in [-0.2, 0) is 14.8 Å². The lowest BCUT2D eigenvalue weighted by Gasteiger charge is -2.33. The Morgan fingerprint density at radius 3 is 2.40 bits per heavy atom. The third kappa shape index (κ3) is 4.97. The number of nitrogens with one attached hydrogen (secondary N) is 2. The highest BCUT2D eigenvalue weighted by molar-refractivity contribution is 7.89. The molecule has 0 spiro atoms. The molecule has 2 rings (SSSR count). The fourth-order valence-electron chi connectivity index (χ4n) is 2.50. The Bertz CT molecular complexity index is 733. The van der Waals surface area contributed by atoms with Gasteiger partial charge in [0.1, 0.15) is 10.7 Å². The zero-order chi connectivity index (χ0) is 18.4. The molecule has 3 amide bonds. The lowest BCUT2D eigenvalue weighted by atomic mass is 10.3. The maximum absolute atomic E-state index is 13.8. The first-order valence-corrected chi connectivity index (χ1v) is 9.27. The average Bonchev–Trinajstić information content (AvgIpc) is 2.60. The van der Waals surface area contributed by atoms with Crippen molar-refractivity contribution in [3.63, 3.8) is 0 Å². The van der Waals surface area contributed by atoms with Gasteiger partial charge in [-0.15, -0.1) is 0 Å². The van der Waals surface area contributed by atoms with Crippen molar-refractivity contribution in [3.8, 4) is 0 Å².